The molecule has 1 aromatic carbocycles. The van der Waals surface area contributed by atoms with Crippen LogP contribution in [0.2, 0.25) is 0 Å². The predicted molar refractivity (Wildman–Crippen MR) is 69.6 cm³/mol. The van der Waals surface area contributed by atoms with Gasteiger partial charge in [0.1, 0.15) is 11.6 Å². The number of hydrogen-bond acceptors (Lipinski definition) is 3. The Hall–Kier alpha value is -1.64. The lowest BCUT2D eigenvalue weighted by atomic mass is 10.2. The fourth-order valence-corrected chi connectivity index (χ4v) is 1.90. The molecule has 2 rings (SSSR count). The van der Waals surface area contributed by atoms with Gasteiger partial charge in [-0.25, -0.2) is 9.07 Å². The highest BCUT2D eigenvalue weighted by molar-refractivity contribution is 9.10. The number of hydrogen-bond donors (Lipinski definition) is 0. The molecular weight excluding hydrogens is 358 g/mol. The molecule has 0 bridgehead atoms. The standard InChI is InChI=1S/C12H10BrF4N3O/c1-6(2)20-11(18-10(13)19-20)21-9-4-7(12(15,16)17)3-8(14)5-9/h3-6H,1-2H3. The molecular formula is C12H10BrF4N3O. The number of benzene rings is 1. The molecule has 1 heterocycles. The highest BCUT2D eigenvalue weighted by atomic mass is 79.9. The van der Waals surface area contributed by atoms with E-state index < -0.39 is 17.6 Å². The summed E-state index contributed by atoms with van der Waals surface area (Å²) in [6.45, 7) is 3.58. The number of rotatable bonds is 3. The zero-order valence-electron chi connectivity index (χ0n) is 10.9. The first-order valence-corrected chi connectivity index (χ1v) is 6.64. The first-order valence-electron chi connectivity index (χ1n) is 5.84. The number of halogens is 5. The van der Waals surface area contributed by atoms with Crippen molar-refractivity contribution in [1.82, 2.24) is 14.8 Å². The molecule has 0 saturated carbocycles. The average Bonchev–Trinajstić information content (AvgIpc) is 2.68. The molecule has 0 N–H and O–H groups in total. The third kappa shape index (κ3) is 3.72. The van der Waals surface area contributed by atoms with Crippen LogP contribution in [0.1, 0.15) is 25.5 Å². The van der Waals surface area contributed by atoms with Crippen molar-refractivity contribution in [2.24, 2.45) is 0 Å². The Morgan fingerprint density at radius 3 is 2.48 bits per heavy atom. The Morgan fingerprint density at radius 2 is 1.90 bits per heavy atom. The second-order valence-electron chi connectivity index (χ2n) is 4.48. The Morgan fingerprint density at radius 1 is 1.24 bits per heavy atom. The highest BCUT2D eigenvalue weighted by Crippen LogP contribution is 2.33. The normalized spacial score (nSPS) is 12.0. The summed E-state index contributed by atoms with van der Waals surface area (Å²) in [4.78, 5) is 3.89. The van der Waals surface area contributed by atoms with Crippen LogP contribution in [-0.2, 0) is 6.18 Å². The molecule has 4 nitrogen and oxygen atoms in total. The fraction of sp³-hybridized carbons (Fsp3) is 0.333. The Labute approximate surface area is 125 Å². The lowest BCUT2D eigenvalue weighted by molar-refractivity contribution is -0.137. The molecule has 0 aliphatic carbocycles. The number of alkyl halides is 3. The van der Waals surface area contributed by atoms with Crippen molar-refractivity contribution in [2.75, 3.05) is 0 Å². The smallest absolute Gasteiger partial charge is 0.416 e. The molecule has 2 aromatic rings. The van der Waals surface area contributed by atoms with Crippen LogP contribution in [0.4, 0.5) is 17.6 Å². The van der Waals surface area contributed by atoms with E-state index in [9.17, 15) is 17.6 Å². The second kappa shape index (κ2) is 5.63. The number of nitrogens with zero attached hydrogens (tertiary/aromatic N) is 3. The molecule has 0 atom stereocenters. The van der Waals surface area contributed by atoms with E-state index in [1.165, 1.54) is 4.68 Å². The van der Waals surface area contributed by atoms with E-state index in [1.807, 2.05) is 0 Å². The average molecular weight is 368 g/mol. The van der Waals surface area contributed by atoms with Crippen LogP contribution >= 0.6 is 15.9 Å². The van der Waals surface area contributed by atoms with E-state index in [0.29, 0.717) is 12.1 Å². The maximum absolute atomic E-state index is 13.3. The summed E-state index contributed by atoms with van der Waals surface area (Å²) in [5.74, 6) is -1.35. The van der Waals surface area contributed by atoms with Gasteiger partial charge in [0.25, 0.3) is 0 Å². The molecule has 1 aromatic heterocycles. The quantitative estimate of drug-likeness (QED) is 0.746. The van der Waals surface area contributed by atoms with Gasteiger partial charge in [-0.3, -0.25) is 0 Å². The Bertz CT molecular complexity index is 654. The topological polar surface area (TPSA) is 39.9 Å². The van der Waals surface area contributed by atoms with Gasteiger partial charge in [0.05, 0.1) is 11.6 Å². The predicted octanol–water partition coefficient (Wildman–Crippen LogP) is 4.57. The van der Waals surface area contributed by atoms with E-state index in [2.05, 4.69) is 26.0 Å². The van der Waals surface area contributed by atoms with Crippen LogP contribution in [0.5, 0.6) is 11.8 Å². The highest BCUT2D eigenvalue weighted by Gasteiger charge is 2.32. The SMILES string of the molecule is CC(C)n1nc(Br)nc1Oc1cc(F)cc(C(F)(F)F)c1. The van der Waals surface area contributed by atoms with Gasteiger partial charge in [-0.1, -0.05) is 0 Å². The van der Waals surface area contributed by atoms with E-state index >= 15 is 0 Å². The third-order valence-corrected chi connectivity index (χ3v) is 2.81. The number of ether oxygens (including phenoxy) is 1. The second-order valence-corrected chi connectivity index (χ2v) is 5.19. The van der Waals surface area contributed by atoms with Gasteiger partial charge in [-0.2, -0.15) is 18.2 Å². The fourth-order valence-electron chi connectivity index (χ4n) is 1.58. The largest absolute Gasteiger partial charge is 0.424 e. The monoisotopic (exact) mass is 367 g/mol. The Kier molecular flexibility index (Phi) is 4.22. The lowest BCUT2D eigenvalue weighted by Crippen LogP contribution is -2.07. The molecule has 114 valence electrons. The molecule has 21 heavy (non-hydrogen) atoms. The van der Waals surface area contributed by atoms with Crippen LogP contribution in [0, 0.1) is 5.82 Å². The van der Waals surface area contributed by atoms with Crippen LogP contribution in [0.3, 0.4) is 0 Å². The number of aromatic nitrogens is 3. The molecule has 0 unspecified atom stereocenters. The summed E-state index contributed by atoms with van der Waals surface area (Å²) in [7, 11) is 0. The first kappa shape index (κ1) is 15.7. The lowest BCUT2D eigenvalue weighted by Gasteiger charge is -2.12. The summed E-state index contributed by atoms with van der Waals surface area (Å²) in [5.41, 5.74) is -1.13. The van der Waals surface area contributed by atoms with Gasteiger partial charge in [0.15, 0.2) is 0 Å². The van der Waals surface area contributed by atoms with E-state index in [0.717, 1.165) is 6.07 Å². The van der Waals surface area contributed by atoms with Crippen molar-refractivity contribution in [1.29, 1.82) is 0 Å². The van der Waals surface area contributed by atoms with Gasteiger partial charge in [0.2, 0.25) is 4.73 Å². The summed E-state index contributed by atoms with van der Waals surface area (Å²) in [5, 5.41) is 3.98. The van der Waals surface area contributed by atoms with Crippen molar-refractivity contribution in [3.63, 3.8) is 0 Å². The van der Waals surface area contributed by atoms with Gasteiger partial charge in [0, 0.05) is 6.07 Å². The van der Waals surface area contributed by atoms with Gasteiger partial charge < -0.3 is 4.74 Å². The van der Waals surface area contributed by atoms with Gasteiger partial charge in [-0.15, -0.1) is 5.10 Å². The van der Waals surface area contributed by atoms with Crippen LogP contribution in [-0.4, -0.2) is 14.8 Å². The first-order chi connectivity index (χ1) is 9.66. The maximum atomic E-state index is 13.3. The summed E-state index contributed by atoms with van der Waals surface area (Å²) in [6.07, 6.45) is -4.66. The van der Waals surface area contributed by atoms with Gasteiger partial charge in [-0.05, 0) is 41.9 Å². The van der Waals surface area contributed by atoms with Crippen molar-refractivity contribution < 1.29 is 22.3 Å². The van der Waals surface area contributed by atoms with Crippen LogP contribution in [0.15, 0.2) is 22.9 Å². The van der Waals surface area contributed by atoms with Crippen LogP contribution < -0.4 is 4.74 Å². The van der Waals surface area contributed by atoms with Crippen molar-refractivity contribution in [2.45, 2.75) is 26.1 Å². The molecule has 0 fully saturated rings. The minimum Gasteiger partial charge on any atom is -0.424 e. The zero-order valence-corrected chi connectivity index (χ0v) is 12.5. The minimum atomic E-state index is -4.66. The van der Waals surface area contributed by atoms with E-state index in [4.69, 9.17) is 4.74 Å². The molecule has 0 radical (unpaired) electrons. The summed E-state index contributed by atoms with van der Waals surface area (Å²) >= 11 is 3.05. The van der Waals surface area contributed by atoms with Crippen molar-refractivity contribution in [3.8, 4) is 11.8 Å². The molecule has 0 aliphatic heterocycles. The molecule has 0 amide bonds. The molecule has 0 aliphatic rings. The summed E-state index contributed by atoms with van der Waals surface area (Å²) < 4.78 is 58.0. The molecule has 0 spiro atoms. The zero-order chi connectivity index (χ0) is 15.8. The third-order valence-electron chi connectivity index (χ3n) is 2.47. The Balaban J connectivity index is 2.38. The minimum absolute atomic E-state index is 0.0319. The van der Waals surface area contributed by atoms with Crippen molar-refractivity contribution in [3.05, 3.63) is 34.3 Å². The van der Waals surface area contributed by atoms with Crippen LogP contribution in [0.25, 0.3) is 0 Å². The molecule has 0 saturated heterocycles. The molecule has 9 heteroatoms. The van der Waals surface area contributed by atoms with Gasteiger partial charge >= 0.3 is 12.2 Å². The van der Waals surface area contributed by atoms with Crippen molar-refractivity contribution >= 4 is 15.9 Å². The summed E-state index contributed by atoms with van der Waals surface area (Å²) in [6, 6.07) is 1.79. The van der Waals surface area contributed by atoms with E-state index in [1.54, 1.807) is 13.8 Å². The van der Waals surface area contributed by atoms with E-state index in [-0.39, 0.29) is 22.5 Å². The maximum Gasteiger partial charge on any atom is 0.416 e.